The third-order valence-electron chi connectivity index (χ3n) is 3.69. The highest BCUT2D eigenvalue weighted by Crippen LogP contribution is 2.32. The molecular weight excluding hydrogens is 310 g/mol. The molecule has 1 aromatic heterocycles. The van der Waals surface area contributed by atoms with E-state index in [4.69, 9.17) is 20.8 Å². The van der Waals surface area contributed by atoms with Gasteiger partial charge in [0.15, 0.2) is 5.89 Å². The molecule has 0 aliphatic heterocycles. The molecule has 0 radical (unpaired) electrons. The number of aromatic nitrogens is 1. The molecule has 3 aromatic rings. The molecule has 23 heavy (non-hydrogen) atoms. The Morgan fingerprint density at radius 3 is 2.70 bits per heavy atom. The fourth-order valence-electron chi connectivity index (χ4n) is 2.53. The van der Waals surface area contributed by atoms with Crippen LogP contribution in [-0.4, -0.2) is 11.6 Å². The van der Waals surface area contributed by atoms with Crippen molar-refractivity contribution in [2.24, 2.45) is 0 Å². The predicted octanol–water partition coefficient (Wildman–Crippen LogP) is 5.01. The summed E-state index contributed by atoms with van der Waals surface area (Å²) in [5, 5.41) is 0. The summed E-state index contributed by atoms with van der Waals surface area (Å²) in [6.45, 7) is 2.56. The Morgan fingerprint density at radius 1 is 1.17 bits per heavy atom. The number of ether oxygens (including phenoxy) is 1. The lowest BCUT2D eigenvalue weighted by atomic mass is 9.98. The molecule has 0 amide bonds. The molecule has 1 heterocycles. The summed E-state index contributed by atoms with van der Waals surface area (Å²) in [7, 11) is 0. The van der Waals surface area contributed by atoms with Crippen LogP contribution in [0.4, 0.5) is 0 Å². The molecule has 0 aliphatic rings. The average Bonchev–Trinajstić information content (AvgIpc) is 3.10. The first kappa shape index (κ1) is 15.6. The molecule has 4 heteroatoms. The van der Waals surface area contributed by atoms with E-state index < -0.39 is 0 Å². The zero-order chi connectivity index (χ0) is 16.1. The number of hydrogen-bond acceptors (Lipinski definition) is 3. The van der Waals surface area contributed by atoms with E-state index in [1.807, 2.05) is 25.1 Å². The molecule has 0 saturated carbocycles. The second-order valence-corrected chi connectivity index (χ2v) is 5.57. The van der Waals surface area contributed by atoms with Crippen LogP contribution in [0.3, 0.4) is 0 Å². The van der Waals surface area contributed by atoms with Gasteiger partial charge in [-0.05, 0) is 35.2 Å². The smallest absolute Gasteiger partial charge is 0.197 e. The Kier molecular flexibility index (Phi) is 4.99. The molecule has 0 fully saturated rings. The van der Waals surface area contributed by atoms with Gasteiger partial charge in [-0.1, -0.05) is 36.4 Å². The van der Waals surface area contributed by atoms with Gasteiger partial charge in [-0.2, -0.15) is 0 Å². The maximum Gasteiger partial charge on any atom is 0.197 e. The van der Waals surface area contributed by atoms with Gasteiger partial charge in [0.05, 0.1) is 19.2 Å². The predicted molar refractivity (Wildman–Crippen MR) is 91.9 cm³/mol. The molecule has 3 nitrogen and oxygen atoms in total. The Balaban J connectivity index is 1.82. The van der Waals surface area contributed by atoms with Gasteiger partial charge in [0.2, 0.25) is 0 Å². The van der Waals surface area contributed by atoms with Crippen LogP contribution in [0.5, 0.6) is 5.75 Å². The molecule has 3 rings (SSSR count). The second-order valence-electron chi connectivity index (χ2n) is 5.30. The second kappa shape index (κ2) is 7.34. The maximum absolute atomic E-state index is 6.12. The van der Waals surface area contributed by atoms with Gasteiger partial charge in [0.25, 0.3) is 0 Å². The molecule has 0 unspecified atom stereocenters. The third kappa shape index (κ3) is 3.74. The van der Waals surface area contributed by atoms with Crippen molar-refractivity contribution >= 4 is 11.6 Å². The fraction of sp³-hybridized carbons (Fsp3) is 0.211. The van der Waals surface area contributed by atoms with Crippen LogP contribution in [0.2, 0.25) is 0 Å². The van der Waals surface area contributed by atoms with E-state index in [1.165, 1.54) is 0 Å². The summed E-state index contributed by atoms with van der Waals surface area (Å²) < 4.78 is 11.2. The van der Waals surface area contributed by atoms with Crippen LogP contribution in [0.15, 0.2) is 59.3 Å². The van der Waals surface area contributed by atoms with Gasteiger partial charge >= 0.3 is 0 Å². The number of hydrogen-bond donors (Lipinski definition) is 0. The highest BCUT2D eigenvalue weighted by molar-refractivity contribution is 6.17. The van der Waals surface area contributed by atoms with E-state index in [1.54, 1.807) is 12.5 Å². The van der Waals surface area contributed by atoms with Crippen molar-refractivity contribution in [3.05, 3.63) is 71.9 Å². The minimum Gasteiger partial charge on any atom is -0.493 e. The van der Waals surface area contributed by atoms with Gasteiger partial charge in [0.1, 0.15) is 12.0 Å². The van der Waals surface area contributed by atoms with Crippen LogP contribution in [0.25, 0.3) is 11.1 Å². The zero-order valence-corrected chi connectivity index (χ0v) is 13.7. The van der Waals surface area contributed by atoms with Gasteiger partial charge in [-0.15, -0.1) is 11.6 Å². The van der Waals surface area contributed by atoms with Crippen molar-refractivity contribution < 1.29 is 9.15 Å². The lowest BCUT2D eigenvalue weighted by Crippen LogP contribution is -2.03. The highest BCUT2D eigenvalue weighted by atomic mass is 35.5. The van der Waals surface area contributed by atoms with Crippen molar-refractivity contribution in [1.82, 2.24) is 4.98 Å². The summed E-state index contributed by atoms with van der Waals surface area (Å²) in [4.78, 5) is 4.10. The zero-order valence-electron chi connectivity index (χ0n) is 13.0. The Morgan fingerprint density at radius 2 is 2.00 bits per heavy atom. The minimum absolute atomic E-state index is 0.474. The van der Waals surface area contributed by atoms with Crippen molar-refractivity contribution in [3.8, 4) is 16.9 Å². The van der Waals surface area contributed by atoms with Gasteiger partial charge < -0.3 is 9.15 Å². The largest absolute Gasteiger partial charge is 0.493 e. The van der Waals surface area contributed by atoms with E-state index in [2.05, 4.69) is 29.2 Å². The number of alkyl halides is 1. The van der Waals surface area contributed by atoms with Crippen molar-refractivity contribution in [2.75, 3.05) is 6.61 Å². The average molecular weight is 328 g/mol. The van der Waals surface area contributed by atoms with E-state index in [9.17, 15) is 0 Å². The number of aryl methyl sites for hydroxylation is 1. The summed E-state index contributed by atoms with van der Waals surface area (Å²) in [6, 6.07) is 14.4. The fourth-order valence-corrected chi connectivity index (χ4v) is 2.75. The minimum atomic E-state index is 0.474. The number of benzene rings is 2. The molecule has 118 valence electrons. The summed E-state index contributed by atoms with van der Waals surface area (Å²) >= 11 is 6.12. The molecule has 2 aromatic carbocycles. The van der Waals surface area contributed by atoms with Gasteiger partial charge in [0, 0.05) is 5.88 Å². The van der Waals surface area contributed by atoms with Crippen molar-refractivity contribution in [3.63, 3.8) is 0 Å². The highest BCUT2D eigenvalue weighted by Gasteiger charge is 2.10. The van der Waals surface area contributed by atoms with Crippen molar-refractivity contribution in [1.29, 1.82) is 0 Å². The van der Waals surface area contributed by atoms with Gasteiger partial charge in [-0.25, -0.2) is 4.98 Å². The molecular formula is C19H18ClNO2. The first-order valence-corrected chi connectivity index (χ1v) is 8.07. The van der Waals surface area contributed by atoms with E-state index in [0.29, 0.717) is 24.8 Å². The molecule has 0 atom stereocenters. The van der Waals surface area contributed by atoms with Crippen LogP contribution < -0.4 is 4.74 Å². The van der Waals surface area contributed by atoms with Crippen LogP contribution in [0.1, 0.15) is 17.0 Å². The topological polar surface area (TPSA) is 35.3 Å². The van der Waals surface area contributed by atoms with Crippen LogP contribution in [0, 0.1) is 6.92 Å². The molecule has 0 saturated heterocycles. The third-order valence-corrected chi connectivity index (χ3v) is 3.97. The number of nitrogens with zero attached hydrogens (tertiary/aromatic N) is 1. The summed E-state index contributed by atoms with van der Waals surface area (Å²) in [6.07, 6.45) is 3.86. The standard InChI is InChI=1S/C19H18ClNO2/c1-14-11-16(13-20)17(15-5-3-2-4-6-15)12-18(14)22-9-7-19-21-8-10-23-19/h2-6,8,10-12H,7,9,13H2,1H3. The Bertz CT molecular complexity index is 755. The first-order chi connectivity index (χ1) is 11.3. The van der Waals surface area contributed by atoms with E-state index >= 15 is 0 Å². The number of oxazole rings is 1. The molecule has 0 aliphatic carbocycles. The van der Waals surface area contributed by atoms with Crippen molar-refractivity contribution in [2.45, 2.75) is 19.2 Å². The Labute approximate surface area is 140 Å². The van der Waals surface area contributed by atoms with Gasteiger partial charge in [-0.3, -0.25) is 0 Å². The van der Waals surface area contributed by atoms with Crippen LogP contribution in [-0.2, 0) is 12.3 Å². The van der Waals surface area contributed by atoms with E-state index in [0.717, 1.165) is 28.0 Å². The summed E-state index contributed by atoms with van der Waals surface area (Å²) in [5.74, 6) is 2.02. The number of rotatable bonds is 6. The SMILES string of the molecule is Cc1cc(CCl)c(-c2ccccc2)cc1OCCc1ncco1. The maximum atomic E-state index is 6.12. The Hall–Kier alpha value is -2.26. The number of halogens is 1. The van der Waals surface area contributed by atoms with E-state index in [-0.39, 0.29) is 0 Å². The lowest BCUT2D eigenvalue weighted by Gasteiger charge is -2.14. The summed E-state index contributed by atoms with van der Waals surface area (Å²) in [5.41, 5.74) is 4.43. The lowest BCUT2D eigenvalue weighted by molar-refractivity contribution is 0.304. The monoisotopic (exact) mass is 327 g/mol. The van der Waals surface area contributed by atoms with Crippen LogP contribution >= 0.6 is 11.6 Å². The molecule has 0 N–H and O–H groups in total. The normalized spacial score (nSPS) is 10.7. The quantitative estimate of drug-likeness (QED) is 0.597. The molecule has 0 bridgehead atoms. The first-order valence-electron chi connectivity index (χ1n) is 7.54. The molecule has 0 spiro atoms.